The Labute approximate surface area is 138 Å². The predicted octanol–water partition coefficient (Wildman–Crippen LogP) is 2.16. The molecule has 0 atom stereocenters. The Balaban J connectivity index is 1.52. The molecule has 2 aromatic carbocycles. The maximum atomic E-state index is 4.01. The molecule has 3 aromatic rings. The van der Waals surface area contributed by atoms with E-state index < -0.39 is 0 Å². The van der Waals surface area contributed by atoms with Crippen molar-refractivity contribution in [2.45, 2.75) is 0 Å². The van der Waals surface area contributed by atoms with Gasteiger partial charge in [-0.25, -0.2) is 10.9 Å². The Morgan fingerprint density at radius 3 is 1.33 bits per heavy atom. The third-order valence-corrected chi connectivity index (χ3v) is 2.83. The number of nitrogens with zero attached hydrogens (tertiary/aromatic N) is 6. The summed E-state index contributed by atoms with van der Waals surface area (Å²) in [6.07, 6.45) is 3.30. The summed E-state index contributed by atoms with van der Waals surface area (Å²) in [5.41, 5.74) is 7.23. The molecule has 0 spiro atoms. The van der Waals surface area contributed by atoms with Crippen LogP contribution in [-0.4, -0.2) is 32.8 Å². The number of hydrogen-bond donors (Lipinski definition) is 2. The van der Waals surface area contributed by atoms with E-state index in [-0.39, 0.29) is 11.9 Å². The minimum Gasteiger partial charge on any atom is -0.243 e. The molecule has 1 heterocycles. The van der Waals surface area contributed by atoms with Crippen LogP contribution in [0.25, 0.3) is 0 Å². The van der Waals surface area contributed by atoms with Gasteiger partial charge in [-0.2, -0.15) is 10.2 Å². The van der Waals surface area contributed by atoms with E-state index in [0.29, 0.717) is 0 Å². The van der Waals surface area contributed by atoms with Crippen molar-refractivity contribution in [3.63, 3.8) is 0 Å². The van der Waals surface area contributed by atoms with Crippen molar-refractivity contribution in [3.05, 3.63) is 71.8 Å². The highest BCUT2D eigenvalue weighted by Gasteiger charge is 1.98. The summed E-state index contributed by atoms with van der Waals surface area (Å²) in [6, 6.07) is 19.3. The van der Waals surface area contributed by atoms with Gasteiger partial charge in [0.15, 0.2) is 0 Å². The molecule has 8 heteroatoms. The van der Waals surface area contributed by atoms with Gasteiger partial charge in [0.2, 0.25) is 0 Å². The minimum atomic E-state index is 0.194. The molecule has 3 rings (SSSR count). The summed E-state index contributed by atoms with van der Waals surface area (Å²) in [5, 5.41) is 23.4. The fourth-order valence-corrected chi connectivity index (χ4v) is 1.73. The van der Waals surface area contributed by atoms with E-state index in [9.17, 15) is 0 Å². The number of anilines is 2. The zero-order valence-electron chi connectivity index (χ0n) is 12.6. The summed E-state index contributed by atoms with van der Waals surface area (Å²) in [5.74, 6) is 0.388. The van der Waals surface area contributed by atoms with Crippen molar-refractivity contribution in [2.75, 3.05) is 10.9 Å². The van der Waals surface area contributed by atoms with Crippen molar-refractivity contribution < 1.29 is 0 Å². The van der Waals surface area contributed by atoms with E-state index in [1.165, 1.54) is 0 Å². The van der Waals surface area contributed by atoms with Gasteiger partial charge in [0.25, 0.3) is 11.9 Å². The number of nitrogens with one attached hydrogen (secondary N) is 2. The molecule has 0 fully saturated rings. The zero-order chi connectivity index (χ0) is 16.5. The molecule has 0 bridgehead atoms. The van der Waals surface area contributed by atoms with Gasteiger partial charge in [0, 0.05) is 0 Å². The fraction of sp³-hybridized carbons (Fsp3) is 0. The molecule has 2 N–H and O–H groups in total. The molecule has 0 aliphatic heterocycles. The fourth-order valence-electron chi connectivity index (χ4n) is 1.73. The van der Waals surface area contributed by atoms with Gasteiger partial charge in [0.1, 0.15) is 0 Å². The Morgan fingerprint density at radius 2 is 0.958 bits per heavy atom. The summed E-state index contributed by atoms with van der Waals surface area (Å²) >= 11 is 0. The van der Waals surface area contributed by atoms with E-state index >= 15 is 0 Å². The lowest BCUT2D eigenvalue weighted by Crippen LogP contribution is -2.05. The largest absolute Gasteiger partial charge is 0.282 e. The molecule has 118 valence electrons. The predicted molar refractivity (Wildman–Crippen MR) is 92.9 cm³/mol. The number of hydrogen-bond acceptors (Lipinski definition) is 8. The van der Waals surface area contributed by atoms with E-state index in [1.807, 2.05) is 60.7 Å². The summed E-state index contributed by atoms with van der Waals surface area (Å²) in [6.45, 7) is 0. The maximum absolute atomic E-state index is 4.01. The molecular weight excluding hydrogens is 304 g/mol. The normalized spacial score (nSPS) is 11.0. The lowest BCUT2D eigenvalue weighted by atomic mass is 10.2. The molecule has 0 unspecified atom stereocenters. The van der Waals surface area contributed by atoms with E-state index in [2.05, 4.69) is 41.4 Å². The average molecular weight is 318 g/mol. The molecule has 0 aliphatic rings. The summed E-state index contributed by atoms with van der Waals surface area (Å²) in [7, 11) is 0. The Hall–Kier alpha value is -3.68. The van der Waals surface area contributed by atoms with Gasteiger partial charge in [-0.1, -0.05) is 60.7 Å². The molecule has 0 saturated carbocycles. The molecule has 0 saturated heterocycles. The van der Waals surface area contributed by atoms with Crippen LogP contribution in [0, 0.1) is 0 Å². The first-order valence-corrected chi connectivity index (χ1v) is 7.16. The second kappa shape index (κ2) is 8.08. The van der Waals surface area contributed by atoms with Crippen molar-refractivity contribution >= 4 is 24.3 Å². The number of rotatable bonds is 6. The smallest absolute Gasteiger partial charge is 0.243 e. The first kappa shape index (κ1) is 15.2. The molecule has 0 radical (unpaired) electrons. The molecular formula is C16H14N8. The zero-order valence-corrected chi connectivity index (χ0v) is 12.6. The van der Waals surface area contributed by atoms with Crippen molar-refractivity contribution in [3.8, 4) is 0 Å². The summed E-state index contributed by atoms with van der Waals surface area (Å²) < 4.78 is 0. The van der Waals surface area contributed by atoms with E-state index in [1.54, 1.807) is 12.4 Å². The van der Waals surface area contributed by atoms with Crippen LogP contribution in [-0.2, 0) is 0 Å². The molecule has 24 heavy (non-hydrogen) atoms. The number of benzene rings is 2. The lowest BCUT2D eigenvalue weighted by Gasteiger charge is -1.98. The van der Waals surface area contributed by atoms with Gasteiger partial charge in [0.05, 0.1) is 12.4 Å². The molecule has 0 amide bonds. The third kappa shape index (κ3) is 4.67. The lowest BCUT2D eigenvalue weighted by molar-refractivity contribution is 0.857. The van der Waals surface area contributed by atoms with Gasteiger partial charge < -0.3 is 0 Å². The number of aromatic nitrogens is 4. The van der Waals surface area contributed by atoms with Crippen molar-refractivity contribution in [1.82, 2.24) is 20.4 Å². The monoisotopic (exact) mass is 318 g/mol. The quantitative estimate of drug-likeness (QED) is 0.533. The Kier molecular flexibility index (Phi) is 5.13. The molecule has 0 aliphatic carbocycles. The SMILES string of the molecule is C(=NNc1nnc(NN=Cc2ccccc2)nn1)c1ccccc1. The van der Waals surface area contributed by atoms with E-state index in [4.69, 9.17) is 0 Å². The second-order valence-electron chi connectivity index (χ2n) is 4.61. The Morgan fingerprint density at radius 1 is 0.583 bits per heavy atom. The topological polar surface area (TPSA) is 100 Å². The third-order valence-electron chi connectivity index (χ3n) is 2.83. The van der Waals surface area contributed by atoms with Gasteiger partial charge >= 0.3 is 0 Å². The van der Waals surface area contributed by atoms with Crippen LogP contribution in [0.3, 0.4) is 0 Å². The first-order valence-electron chi connectivity index (χ1n) is 7.16. The van der Waals surface area contributed by atoms with Crippen LogP contribution in [0.5, 0.6) is 0 Å². The Bertz CT molecular complexity index is 730. The van der Waals surface area contributed by atoms with Crippen molar-refractivity contribution in [2.24, 2.45) is 10.2 Å². The molecule has 8 nitrogen and oxygen atoms in total. The highest BCUT2D eigenvalue weighted by Crippen LogP contribution is 1.99. The maximum Gasteiger partial charge on any atom is 0.282 e. The molecule has 1 aromatic heterocycles. The van der Waals surface area contributed by atoms with Crippen LogP contribution in [0.15, 0.2) is 70.9 Å². The summed E-state index contributed by atoms with van der Waals surface area (Å²) in [4.78, 5) is 0. The highest BCUT2D eigenvalue weighted by atomic mass is 15.5. The van der Waals surface area contributed by atoms with Crippen LogP contribution in [0.4, 0.5) is 11.9 Å². The van der Waals surface area contributed by atoms with Crippen molar-refractivity contribution in [1.29, 1.82) is 0 Å². The van der Waals surface area contributed by atoms with E-state index in [0.717, 1.165) is 11.1 Å². The second-order valence-corrected chi connectivity index (χ2v) is 4.61. The minimum absolute atomic E-state index is 0.194. The van der Waals surface area contributed by atoms with Crippen LogP contribution >= 0.6 is 0 Å². The highest BCUT2D eigenvalue weighted by molar-refractivity contribution is 5.80. The standard InChI is InChI=1S/C16H14N8/c1-3-7-13(8-4-1)11-17-19-15-21-23-16(24-22-15)20-18-12-14-9-5-2-6-10-14/h1-12H,(H,19,21,22)(H,20,23,24). The van der Waals surface area contributed by atoms with Gasteiger partial charge in [-0.3, -0.25) is 0 Å². The van der Waals surface area contributed by atoms with Crippen LogP contribution in [0.2, 0.25) is 0 Å². The number of hydrazone groups is 2. The van der Waals surface area contributed by atoms with Gasteiger partial charge in [-0.15, -0.1) is 20.4 Å². The van der Waals surface area contributed by atoms with Crippen LogP contribution in [0.1, 0.15) is 11.1 Å². The average Bonchev–Trinajstić information content (AvgIpc) is 2.65. The first-order chi connectivity index (χ1) is 11.9. The van der Waals surface area contributed by atoms with Gasteiger partial charge in [-0.05, 0) is 11.1 Å². The van der Waals surface area contributed by atoms with Crippen LogP contribution < -0.4 is 10.9 Å².